The lowest BCUT2D eigenvalue weighted by Gasteiger charge is -2.14. The van der Waals surface area contributed by atoms with Crippen LogP contribution < -0.4 is 11.1 Å². The van der Waals surface area contributed by atoms with E-state index >= 15 is 0 Å². The number of rotatable bonds is 9. The van der Waals surface area contributed by atoms with Gasteiger partial charge >= 0.3 is 0 Å². The van der Waals surface area contributed by atoms with Crippen molar-refractivity contribution in [2.24, 2.45) is 11.7 Å². The number of hydrogen-bond acceptors (Lipinski definition) is 4. The Morgan fingerprint density at radius 2 is 2.14 bits per heavy atom. The largest absolute Gasteiger partial charge is 0.389 e. The monoisotopic (exact) mass is 204 g/mol. The molecule has 0 heterocycles. The summed E-state index contributed by atoms with van der Waals surface area (Å²) < 4.78 is 5.36. The van der Waals surface area contributed by atoms with Gasteiger partial charge in [-0.3, -0.25) is 0 Å². The van der Waals surface area contributed by atoms with Crippen molar-refractivity contribution < 1.29 is 9.84 Å². The molecule has 0 bridgehead atoms. The molecule has 0 rings (SSSR count). The summed E-state index contributed by atoms with van der Waals surface area (Å²) in [5, 5.41) is 12.5. The molecule has 0 aliphatic rings. The minimum absolute atomic E-state index is 0.405. The van der Waals surface area contributed by atoms with E-state index in [0.717, 1.165) is 19.6 Å². The van der Waals surface area contributed by atoms with Gasteiger partial charge in [-0.25, -0.2) is 0 Å². The van der Waals surface area contributed by atoms with E-state index in [2.05, 4.69) is 19.2 Å². The van der Waals surface area contributed by atoms with Gasteiger partial charge in [-0.2, -0.15) is 0 Å². The Morgan fingerprint density at radius 1 is 1.43 bits per heavy atom. The molecule has 0 radical (unpaired) electrons. The molecule has 0 aromatic carbocycles. The lowest BCUT2D eigenvalue weighted by molar-refractivity contribution is 0.0236. The molecule has 4 N–H and O–H groups in total. The highest BCUT2D eigenvalue weighted by atomic mass is 16.5. The third-order valence-corrected chi connectivity index (χ3v) is 2.11. The molecule has 0 saturated heterocycles. The predicted molar refractivity (Wildman–Crippen MR) is 58.2 cm³/mol. The van der Waals surface area contributed by atoms with Crippen molar-refractivity contribution in [3.8, 4) is 0 Å². The van der Waals surface area contributed by atoms with Crippen LogP contribution in [0, 0.1) is 5.92 Å². The molecule has 0 amide bonds. The summed E-state index contributed by atoms with van der Waals surface area (Å²) in [6.07, 6.45) is 0.687. The predicted octanol–water partition coefficient (Wildman–Crippen LogP) is -0.0417. The average Bonchev–Trinajstić information content (AvgIpc) is 2.18. The first-order valence-corrected chi connectivity index (χ1v) is 5.37. The molecule has 0 spiro atoms. The van der Waals surface area contributed by atoms with Crippen molar-refractivity contribution in [2.45, 2.75) is 26.4 Å². The third-order valence-electron chi connectivity index (χ3n) is 2.11. The maximum Gasteiger partial charge on any atom is 0.0897 e. The normalized spacial score (nSPS) is 15.4. The summed E-state index contributed by atoms with van der Waals surface area (Å²) in [5.41, 5.74) is 5.30. The van der Waals surface area contributed by atoms with Gasteiger partial charge in [-0.05, 0) is 5.92 Å². The van der Waals surface area contributed by atoms with Crippen molar-refractivity contribution >= 4 is 0 Å². The van der Waals surface area contributed by atoms with E-state index in [1.807, 2.05) is 0 Å². The third kappa shape index (κ3) is 8.44. The second kappa shape index (κ2) is 9.40. The molecule has 0 fully saturated rings. The fourth-order valence-corrected chi connectivity index (χ4v) is 0.953. The number of ether oxygens (including phenoxy) is 1. The molecule has 0 aliphatic heterocycles. The molecule has 4 heteroatoms. The summed E-state index contributed by atoms with van der Waals surface area (Å²) in [6.45, 7) is 7.29. The maximum atomic E-state index is 9.43. The molecule has 0 aromatic heterocycles. The van der Waals surface area contributed by atoms with Crippen molar-refractivity contribution in [3.63, 3.8) is 0 Å². The second-order valence-corrected chi connectivity index (χ2v) is 3.70. The number of nitrogens with two attached hydrogens (primary N) is 1. The van der Waals surface area contributed by atoms with Gasteiger partial charge < -0.3 is 20.9 Å². The van der Waals surface area contributed by atoms with Gasteiger partial charge in [0.05, 0.1) is 12.7 Å². The Hall–Kier alpha value is -0.160. The van der Waals surface area contributed by atoms with Crippen LogP contribution in [-0.4, -0.2) is 44.1 Å². The van der Waals surface area contributed by atoms with E-state index < -0.39 is 6.10 Å². The fourth-order valence-electron chi connectivity index (χ4n) is 0.953. The van der Waals surface area contributed by atoms with E-state index in [4.69, 9.17) is 10.5 Å². The van der Waals surface area contributed by atoms with Crippen molar-refractivity contribution in [2.75, 3.05) is 32.8 Å². The van der Waals surface area contributed by atoms with Gasteiger partial charge in [0, 0.05) is 26.2 Å². The number of aliphatic hydroxyl groups is 1. The molecule has 0 unspecified atom stereocenters. The first-order valence-electron chi connectivity index (χ1n) is 5.37. The zero-order valence-electron chi connectivity index (χ0n) is 9.33. The summed E-state index contributed by atoms with van der Waals surface area (Å²) >= 11 is 0. The fraction of sp³-hybridized carbons (Fsp3) is 1.00. The molecular formula is C10H24N2O2. The zero-order chi connectivity index (χ0) is 10.8. The van der Waals surface area contributed by atoms with Gasteiger partial charge in [-0.15, -0.1) is 0 Å². The lowest BCUT2D eigenvalue weighted by atomic mass is 10.1. The quantitative estimate of drug-likeness (QED) is 0.461. The van der Waals surface area contributed by atoms with Crippen LogP contribution in [0.2, 0.25) is 0 Å². The van der Waals surface area contributed by atoms with Crippen molar-refractivity contribution in [3.05, 3.63) is 0 Å². The minimum Gasteiger partial charge on any atom is -0.389 e. The van der Waals surface area contributed by atoms with E-state index in [9.17, 15) is 5.11 Å². The summed E-state index contributed by atoms with van der Waals surface area (Å²) in [7, 11) is 0. The Morgan fingerprint density at radius 3 is 2.71 bits per heavy atom. The Labute approximate surface area is 86.8 Å². The van der Waals surface area contributed by atoms with Crippen molar-refractivity contribution in [1.29, 1.82) is 0 Å². The molecular weight excluding hydrogens is 180 g/mol. The number of nitrogens with one attached hydrogen (secondary N) is 1. The van der Waals surface area contributed by atoms with Crippen LogP contribution in [0.3, 0.4) is 0 Å². The Balaban J connectivity index is 3.21. The zero-order valence-corrected chi connectivity index (χ0v) is 9.33. The van der Waals surface area contributed by atoms with Crippen LogP contribution in [0.4, 0.5) is 0 Å². The first-order chi connectivity index (χ1) is 6.70. The van der Waals surface area contributed by atoms with E-state index in [1.165, 1.54) is 0 Å². The van der Waals surface area contributed by atoms with Crippen LogP contribution in [-0.2, 0) is 4.74 Å². The van der Waals surface area contributed by atoms with Crippen LogP contribution >= 0.6 is 0 Å². The molecule has 4 nitrogen and oxygen atoms in total. The molecule has 0 aliphatic carbocycles. The van der Waals surface area contributed by atoms with E-state index in [0.29, 0.717) is 25.6 Å². The highest BCUT2D eigenvalue weighted by molar-refractivity contribution is 4.58. The Kier molecular flexibility index (Phi) is 9.29. The van der Waals surface area contributed by atoms with Gasteiger partial charge in [-0.1, -0.05) is 20.3 Å². The van der Waals surface area contributed by atoms with Crippen LogP contribution in [0.5, 0.6) is 0 Å². The summed E-state index contributed by atoms with van der Waals surface area (Å²) in [4.78, 5) is 0. The first kappa shape index (κ1) is 13.8. The molecule has 86 valence electrons. The molecule has 2 atom stereocenters. The highest BCUT2D eigenvalue weighted by Gasteiger charge is 2.04. The Bertz CT molecular complexity index is 123. The topological polar surface area (TPSA) is 67.5 Å². The van der Waals surface area contributed by atoms with Gasteiger partial charge in [0.2, 0.25) is 0 Å². The maximum absolute atomic E-state index is 9.43. The van der Waals surface area contributed by atoms with E-state index in [1.54, 1.807) is 0 Å². The summed E-state index contributed by atoms with van der Waals surface area (Å²) in [5.74, 6) is 0.569. The molecule has 14 heavy (non-hydrogen) atoms. The molecule has 0 aromatic rings. The SMILES string of the molecule is CC[C@@H](C)COC[C@H](O)CNCCN. The van der Waals surface area contributed by atoms with Crippen LogP contribution in [0.1, 0.15) is 20.3 Å². The average molecular weight is 204 g/mol. The van der Waals surface area contributed by atoms with Gasteiger partial charge in [0.1, 0.15) is 0 Å². The smallest absolute Gasteiger partial charge is 0.0897 e. The minimum atomic E-state index is -0.425. The standard InChI is InChI=1S/C10H24N2O2/c1-3-9(2)7-14-8-10(13)6-12-5-4-11/h9-10,12-13H,3-8,11H2,1-2H3/t9-,10-/m1/s1. The second-order valence-electron chi connectivity index (χ2n) is 3.70. The van der Waals surface area contributed by atoms with Gasteiger partial charge in [0.15, 0.2) is 0 Å². The van der Waals surface area contributed by atoms with Gasteiger partial charge in [0.25, 0.3) is 0 Å². The number of hydrogen-bond donors (Lipinski definition) is 3. The van der Waals surface area contributed by atoms with E-state index in [-0.39, 0.29) is 0 Å². The highest BCUT2D eigenvalue weighted by Crippen LogP contribution is 2.00. The summed E-state index contributed by atoms with van der Waals surface area (Å²) in [6, 6.07) is 0. The lowest BCUT2D eigenvalue weighted by Crippen LogP contribution is -2.33. The molecule has 0 saturated carbocycles. The number of aliphatic hydroxyl groups excluding tert-OH is 1. The van der Waals surface area contributed by atoms with Crippen LogP contribution in [0.15, 0.2) is 0 Å². The van der Waals surface area contributed by atoms with Crippen molar-refractivity contribution in [1.82, 2.24) is 5.32 Å². The van der Waals surface area contributed by atoms with Crippen LogP contribution in [0.25, 0.3) is 0 Å².